The van der Waals surface area contributed by atoms with Gasteiger partial charge in [0.05, 0.1) is 6.10 Å². The fourth-order valence-corrected chi connectivity index (χ4v) is 1.52. The molecule has 0 unspecified atom stereocenters. The van der Waals surface area contributed by atoms with Crippen LogP contribution in [0.15, 0.2) is 18.2 Å². The zero-order valence-electron chi connectivity index (χ0n) is 10.5. The van der Waals surface area contributed by atoms with E-state index in [1.807, 2.05) is 12.1 Å². The molecule has 16 heavy (non-hydrogen) atoms. The van der Waals surface area contributed by atoms with Crippen LogP contribution in [0, 0.1) is 6.92 Å². The molecular weight excluding hydrogens is 200 g/mol. The van der Waals surface area contributed by atoms with Crippen molar-refractivity contribution in [1.29, 1.82) is 0 Å². The van der Waals surface area contributed by atoms with Crippen LogP contribution < -0.4 is 9.47 Å². The molecule has 1 aliphatic carbocycles. The minimum absolute atomic E-state index is 0.187. The number of aryl methyl sites for hydroxylation is 1. The lowest BCUT2D eigenvalue weighted by atomic mass is 10.1. The van der Waals surface area contributed by atoms with Gasteiger partial charge in [-0.2, -0.15) is 0 Å². The van der Waals surface area contributed by atoms with Gasteiger partial charge in [-0.05, 0) is 52.2 Å². The highest BCUT2D eigenvalue weighted by Crippen LogP contribution is 2.37. The largest absolute Gasteiger partial charge is 0.487 e. The van der Waals surface area contributed by atoms with E-state index in [1.165, 1.54) is 12.8 Å². The van der Waals surface area contributed by atoms with Gasteiger partial charge in [-0.15, -0.1) is 0 Å². The van der Waals surface area contributed by atoms with Gasteiger partial charge < -0.3 is 9.47 Å². The second-order valence-corrected chi connectivity index (χ2v) is 5.43. The minimum atomic E-state index is -0.187. The molecule has 88 valence electrons. The van der Waals surface area contributed by atoms with E-state index in [0.29, 0.717) is 6.10 Å². The van der Waals surface area contributed by atoms with Gasteiger partial charge in [0.15, 0.2) is 11.5 Å². The highest BCUT2D eigenvalue weighted by Gasteiger charge is 2.26. The molecule has 2 rings (SSSR count). The molecule has 0 atom stereocenters. The van der Waals surface area contributed by atoms with Crippen molar-refractivity contribution in [3.63, 3.8) is 0 Å². The molecule has 0 N–H and O–H groups in total. The third-order valence-electron chi connectivity index (χ3n) is 2.40. The van der Waals surface area contributed by atoms with Crippen molar-refractivity contribution in [1.82, 2.24) is 0 Å². The Morgan fingerprint density at radius 3 is 2.44 bits per heavy atom. The number of ether oxygens (including phenoxy) is 2. The van der Waals surface area contributed by atoms with Crippen molar-refractivity contribution in [2.75, 3.05) is 0 Å². The van der Waals surface area contributed by atoms with Gasteiger partial charge in [0.1, 0.15) is 5.60 Å². The van der Waals surface area contributed by atoms with Crippen LogP contribution >= 0.6 is 0 Å². The van der Waals surface area contributed by atoms with E-state index in [2.05, 4.69) is 33.8 Å². The maximum Gasteiger partial charge on any atom is 0.164 e. The number of rotatable bonds is 3. The zero-order valence-corrected chi connectivity index (χ0v) is 10.5. The first-order valence-electron chi connectivity index (χ1n) is 5.91. The van der Waals surface area contributed by atoms with Gasteiger partial charge in [-0.1, -0.05) is 12.1 Å². The maximum absolute atomic E-state index is 5.97. The van der Waals surface area contributed by atoms with Crippen LogP contribution in [0.5, 0.6) is 11.5 Å². The topological polar surface area (TPSA) is 18.5 Å². The molecule has 0 heterocycles. The van der Waals surface area contributed by atoms with E-state index >= 15 is 0 Å². The lowest BCUT2D eigenvalue weighted by molar-refractivity contribution is 0.121. The Labute approximate surface area is 97.6 Å². The van der Waals surface area contributed by atoms with Crippen molar-refractivity contribution in [2.45, 2.75) is 52.2 Å². The number of hydrogen-bond donors (Lipinski definition) is 0. The molecule has 1 saturated carbocycles. The van der Waals surface area contributed by atoms with E-state index in [9.17, 15) is 0 Å². The highest BCUT2D eigenvalue weighted by molar-refractivity contribution is 5.46. The van der Waals surface area contributed by atoms with Gasteiger partial charge in [0.25, 0.3) is 0 Å². The van der Waals surface area contributed by atoms with Crippen LogP contribution in [-0.2, 0) is 0 Å². The number of para-hydroxylation sites is 1. The molecule has 2 nitrogen and oxygen atoms in total. The molecule has 0 spiro atoms. The second-order valence-electron chi connectivity index (χ2n) is 5.43. The average molecular weight is 220 g/mol. The van der Waals surface area contributed by atoms with Crippen LogP contribution in [0.3, 0.4) is 0 Å². The van der Waals surface area contributed by atoms with E-state index < -0.39 is 0 Å². The van der Waals surface area contributed by atoms with Gasteiger partial charge in [-0.25, -0.2) is 0 Å². The van der Waals surface area contributed by atoms with Crippen molar-refractivity contribution in [2.24, 2.45) is 0 Å². The second kappa shape index (κ2) is 4.00. The van der Waals surface area contributed by atoms with Gasteiger partial charge in [0, 0.05) is 0 Å². The van der Waals surface area contributed by atoms with Gasteiger partial charge in [0.2, 0.25) is 0 Å². The summed E-state index contributed by atoms with van der Waals surface area (Å²) in [6.45, 7) is 8.22. The first-order chi connectivity index (χ1) is 7.46. The first kappa shape index (κ1) is 11.3. The summed E-state index contributed by atoms with van der Waals surface area (Å²) >= 11 is 0. The van der Waals surface area contributed by atoms with E-state index in [0.717, 1.165) is 17.1 Å². The van der Waals surface area contributed by atoms with Crippen LogP contribution in [0.4, 0.5) is 0 Å². The average Bonchev–Trinajstić information content (AvgIpc) is 2.93. The van der Waals surface area contributed by atoms with Crippen molar-refractivity contribution in [3.05, 3.63) is 23.8 Å². The Bertz CT molecular complexity index is 373. The molecule has 1 aliphatic rings. The van der Waals surface area contributed by atoms with E-state index in [4.69, 9.17) is 9.47 Å². The summed E-state index contributed by atoms with van der Waals surface area (Å²) < 4.78 is 11.8. The van der Waals surface area contributed by atoms with Crippen molar-refractivity contribution >= 4 is 0 Å². The summed E-state index contributed by atoms with van der Waals surface area (Å²) in [6, 6.07) is 6.07. The third-order valence-corrected chi connectivity index (χ3v) is 2.40. The number of hydrogen-bond acceptors (Lipinski definition) is 2. The summed E-state index contributed by atoms with van der Waals surface area (Å²) in [5.41, 5.74) is 0.946. The Morgan fingerprint density at radius 2 is 1.88 bits per heavy atom. The standard InChI is InChI=1S/C14H20O2/c1-10-6-5-7-12(15-11-8-9-11)13(10)16-14(2,3)4/h5-7,11H,8-9H2,1-4H3. The maximum atomic E-state index is 5.97. The molecule has 0 bridgehead atoms. The summed E-state index contributed by atoms with van der Waals surface area (Å²) in [7, 11) is 0. The van der Waals surface area contributed by atoms with Crippen LogP contribution in [0.1, 0.15) is 39.2 Å². The van der Waals surface area contributed by atoms with Crippen LogP contribution in [-0.4, -0.2) is 11.7 Å². The molecule has 0 amide bonds. The predicted octanol–water partition coefficient (Wildman–Crippen LogP) is 3.71. The lowest BCUT2D eigenvalue weighted by Crippen LogP contribution is -2.24. The molecule has 0 saturated heterocycles. The molecule has 1 fully saturated rings. The third kappa shape index (κ3) is 2.91. The zero-order chi connectivity index (χ0) is 11.8. The number of benzene rings is 1. The fourth-order valence-electron chi connectivity index (χ4n) is 1.52. The molecule has 1 aromatic rings. The molecule has 1 aromatic carbocycles. The Balaban J connectivity index is 2.24. The van der Waals surface area contributed by atoms with E-state index in [-0.39, 0.29) is 5.60 Å². The minimum Gasteiger partial charge on any atom is -0.487 e. The van der Waals surface area contributed by atoms with Crippen molar-refractivity contribution in [3.8, 4) is 11.5 Å². The predicted molar refractivity (Wildman–Crippen MR) is 65.2 cm³/mol. The molecule has 0 radical (unpaired) electrons. The SMILES string of the molecule is Cc1cccc(OC2CC2)c1OC(C)(C)C. The van der Waals surface area contributed by atoms with Crippen LogP contribution in [0.25, 0.3) is 0 Å². The quantitative estimate of drug-likeness (QED) is 0.773. The van der Waals surface area contributed by atoms with Gasteiger partial charge >= 0.3 is 0 Å². The molecule has 2 heteroatoms. The summed E-state index contributed by atoms with van der Waals surface area (Å²) in [5, 5.41) is 0. The van der Waals surface area contributed by atoms with Gasteiger partial charge in [-0.3, -0.25) is 0 Å². The first-order valence-corrected chi connectivity index (χ1v) is 5.91. The lowest BCUT2D eigenvalue weighted by Gasteiger charge is -2.24. The molecule has 0 aliphatic heterocycles. The molecule has 0 aromatic heterocycles. The van der Waals surface area contributed by atoms with Crippen molar-refractivity contribution < 1.29 is 9.47 Å². The summed E-state index contributed by atoms with van der Waals surface area (Å²) in [4.78, 5) is 0. The molecular formula is C14H20O2. The van der Waals surface area contributed by atoms with E-state index in [1.54, 1.807) is 0 Å². The highest BCUT2D eigenvalue weighted by atomic mass is 16.5. The normalized spacial score (nSPS) is 16.0. The Hall–Kier alpha value is -1.18. The fraction of sp³-hybridized carbons (Fsp3) is 0.571. The summed E-state index contributed by atoms with van der Waals surface area (Å²) in [5.74, 6) is 1.78. The smallest absolute Gasteiger partial charge is 0.164 e. The Morgan fingerprint density at radius 1 is 1.19 bits per heavy atom. The van der Waals surface area contributed by atoms with Crippen LogP contribution in [0.2, 0.25) is 0 Å². The summed E-state index contributed by atoms with van der Waals surface area (Å²) in [6.07, 6.45) is 2.75. The Kier molecular flexibility index (Phi) is 2.83. The monoisotopic (exact) mass is 220 g/mol.